The molecule has 0 atom stereocenters. The third-order valence-electron chi connectivity index (χ3n) is 1.78. The van der Waals surface area contributed by atoms with Crippen LogP contribution in [0.25, 0.3) is 0 Å². The quantitative estimate of drug-likeness (QED) is 0.499. The van der Waals surface area contributed by atoms with E-state index in [-0.39, 0.29) is 17.7 Å². The van der Waals surface area contributed by atoms with Crippen LogP contribution in [0.3, 0.4) is 0 Å². The number of nitrogens with zero attached hydrogens (tertiary/aromatic N) is 1. The number of rotatable bonds is 2. The molecule has 0 aliphatic rings. The number of hydrogen-bond donors (Lipinski definition) is 2. The van der Waals surface area contributed by atoms with E-state index in [4.69, 9.17) is 11.5 Å². The molecule has 0 radical (unpaired) electrons. The Labute approximate surface area is 98.2 Å². The van der Waals surface area contributed by atoms with Crippen LogP contribution < -0.4 is 11.5 Å². The summed E-state index contributed by atoms with van der Waals surface area (Å²) in [6, 6.07) is 1.36. The second-order valence-corrected chi connectivity index (χ2v) is 5.74. The lowest BCUT2D eigenvalue weighted by Crippen LogP contribution is -2.24. The van der Waals surface area contributed by atoms with Gasteiger partial charge in [-0.05, 0) is 24.3 Å². The standard InChI is InChI=1S/C8H8F5N3OS/c9-18(10,11,12,13)6-3-1-5(2-4-6)7(17)16-8(14)15/h1-4H,(H4,14,15,16,17). The summed E-state index contributed by atoms with van der Waals surface area (Å²) in [5.41, 5.74) is 9.43. The third kappa shape index (κ3) is 3.58. The molecule has 0 aliphatic carbocycles. The smallest absolute Gasteiger partial charge is 0.310 e. The Bertz CT molecular complexity index is 518. The fourth-order valence-electron chi connectivity index (χ4n) is 1.04. The lowest BCUT2D eigenvalue weighted by atomic mass is 10.2. The number of hydrogen-bond acceptors (Lipinski definition) is 1. The van der Waals surface area contributed by atoms with E-state index in [9.17, 15) is 24.2 Å². The molecule has 102 valence electrons. The Morgan fingerprint density at radius 2 is 1.44 bits per heavy atom. The summed E-state index contributed by atoms with van der Waals surface area (Å²) in [6.07, 6.45) is 0. The number of halogens is 5. The highest BCUT2D eigenvalue weighted by Crippen LogP contribution is 3.02. The molecule has 1 aromatic rings. The van der Waals surface area contributed by atoms with Crippen LogP contribution in [0.5, 0.6) is 0 Å². The molecule has 10 heteroatoms. The average molecular weight is 289 g/mol. The molecule has 0 fully saturated rings. The van der Waals surface area contributed by atoms with Crippen molar-refractivity contribution in [3.05, 3.63) is 29.8 Å². The van der Waals surface area contributed by atoms with E-state index in [0.717, 1.165) is 0 Å². The van der Waals surface area contributed by atoms with Gasteiger partial charge in [-0.25, -0.2) is 0 Å². The summed E-state index contributed by atoms with van der Waals surface area (Å²) >= 11 is 0. The SMILES string of the molecule is NC(N)=NC(=O)c1ccc(S(F)(F)(F)(F)F)cc1. The van der Waals surface area contributed by atoms with Crippen molar-refractivity contribution in [2.75, 3.05) is 0 Å². The zero-order valence-corrected chi connectivity index (χ0v) is 9.43. The van der Waals surface area contributed by atoms with Crippen molar-refractivity contribution >= 4 is 22.1 Å². The first-order chi connectivity index (χ1) is 7.79. The molecule has 0 spiro atoms. The van der Waals surface area contributed by atoms with E-state index >= 15 is 0 Å². The Balaban J connectivity index is 3.18. The zero-order valence-electron chi connectivity index (χ0n) is 8.62. The summed E-state index contributed by atoms with van der Waals surface area (Å²) in [5, 5.41) is 0. The number of amides is 1. The molecule has 0 saturated heterocycles. The first-order valence-corrected chi connectivity index (χ1v) is 6.23. The van der Waals surface area contributed by atoms with Gasteiger partial charge >= 0.3 is 10.2 Å². The lowest BCUT2D eigenvalue weighted by molar-refractivity contribution is 0.100. The highest BCUT2D eigenvalue weighted by Gasteiger charge is 2.65. The van der Waals surface area contributed by atoms with Gasteiger partial charge in [-0.2, -0.15) is 4.99 Å². The highest BCUT2D eigenvalue weighted by atomic mass is 32.5. The molecule has 4 nitrogen and oxygen atoms in total. The van der Waals surface area contributed by atoms with Crippen molar-refractivity contribution in [2.45, 2.75) is 4.90 Å². The van der Waals surface area contributed by atoms with E-state index in [1.807, 2.05) is 0 Å². The highest BCUT2D eigenvalue weighted by molar-refractivity contribution is 8.45. The van der Waals surface area contributed by atoms with Gasteiger partial charge in [-0.3, -0.25) is 4.79 Å². The molecule has 18 heavy (non-hydrogen) atoms. The monoisotopic (exact) mass is 289 g/mol. The molecule has 0 aliphatic heterocycles. The number of carbonyl (C=O) groups excluding carboxylic acids is 1. The summed E-state index contributed by atoms with van der Waals surface area (Å²) in [6.45, 7) is 0. The molecule has 0 unspecified atom stereocenters. The zero-order chi connectivity index (χ0) is 14.3. The summed E-state index contributed by atoms with van der Waals surface area (Å²) in [5.74, 6) is -1.61. The molecule has 0 aromatic heterocycles. The van der Waals surface area contributed by atoms with Crippen LogP contribution in [0.2, 0.25) is 0 Å². The molecule has 0 saturated carbocycles. The topological polar surface area (TPSA) is 81.5 Å². The Hall–Kier alpha value is -1.84. The summed E-state index contributed by atoms with van der Waals surface area (Å²) in [7, 11) is -9.72. The molecule has 0 bridgehead atoms. The maximum atomic E-state index is 12.3. The predicted molar refractivity (Wildman–Crippen MR) is 58.0 cm³/mol. The number of guanidine groups is 1. The largest absolute Gasteiger partial charge is 0.370 e. The van der Waals surface area contributed by atoms with Crippen LogP contribution in [0.1, 0.15) is 10.4 Å². The number of nitrogens with two attached hydrogens (primary N) is 2. The second kappa shape index (κ2) is 3.34. The molecule has 0 heterocycles. The van der Waals surface area contributed by atoms with Crippen molar-refractivity contribution < 1.29 is 24.2 Å². The minimum absolute atomic E-state index is 0.108. The van der Waals surface area contributed by atoms with E-state index in [2.05, 4.69) is 4.99 Å². The van der Waals surface area contributed by atoms with Crippen molar-refractivity contribution in [3.8, 4) is 0 Å². The van der Waals surface area contributed by atoms with Crippen LogP contribution in [0, 0.1) is 0 Å². The van der Waals surface area contributed by atoms with E-state index in [1.54, 1.807) is 0 Å². The first-order valence-electron chi connectivity index (χ1n) is 4.28. The van der Waals surface area contributed by atoms with E-state index in [0.29, 0.717) is 12.1 Å². The molecule has 1 aromatic carbocycles. The van der Waals surface area contributed by atoms with Gasteiger partial charge in [0.25, 0.3) is 5.91 Å². The van der Waals surface area contributed by atoms with Gasteiger partial charge in [0.2, 0.25) is 0 Å². The van der Waals surface area contributed by atoms with Gasteiger partial charge < -0.3 is 11.5 Å². The maximum Gasteiger partial charge on any atom is 0.310 e. The first kappa shape index (κ1) is 14.2. The van der Waals surface area contributed by atoms with Crippen molar-refractivity contribution in [1.82, 2.24) is 0 Å². The molecular formula is C8H8F5N3OS. The molecule has 1 amide bonds. The third-order valence-corrected chi connectivity index (χ3v) is 2.94. The van der Waals surface area contributed by atoms with Gasteiger partial charge in [0.1, 0.15) is 4.90 Å². The fourth-order valence-corrected chi connectivity index (χ4v) is 1.69. The summed E-state index contributed by atoms with van der Waals surface area (Å²) in [4.78, 5) is 12.1. The summed E-state index contributed by atoms with van der Waals surface area (Å²) < 4.78 is 61.7. The number of carbonyl (C=O) groups is 1. The van der Waals surface area contributed by atoms with E-state index in [1.165, 1.54) is 0 Å². The predicted octanol–water partition coefficient (Wildman–Crippen LogP) is 2.76. The molecule has 4 N–H and O–H groups in total. The van der Waals surface area contributed by atoms with Crippen LogP contribution in [-0.4, -0.2) is 11.9 Å². The fraction of sp³-hybridized carbons (Fsp3) is 0. The van der Waals surface area contributed by atoms with Gasteiger partial charge in [-0.1, -0.05) is 19.4 Å². The van der Waals surface area contributed by atoms with Gasteiger partial charge in [0.05, 0.1) is 0 Å². The normalized spacial score (nSPS) is 15.4. The Kier molecular flexibility index (Phi) is 2.64. The van der Waals surface area contributed by atoms with Crippen LogP contribution in [-0.2, 0) is 0 Å². The van der Waals surface area contributed by atoms with Crippen LogP contribution in [0.4, 0.5) is 19.4 Å². The van der Waals surface area contributed by atoms with Crippen LogP contribution >= 0.6 is 10.2 Å². The Morgan fingerprint density at radius 3 is 1.78 bits per heavy atom. The van der Waals surface area contributed by atoms with Gasteiger partial charge in [0, 0.05) is 5.56 Å². The molecule has 1 rings (SSSR count). The minimum atomic E-state index is -9.72. The van der Waals surface area contributed by atoms with Crippen molar-refractivity contribution in [1.29, 1.82) is 0 Å². The van der Waals surface area contributed by atoms with Crippen LogP contribution in [0.15, 0.2) is 34.2 Å². The Morgan fingerprint density at radius 1 is 1.00 bits per heavy atom. The number of aliphatic imine (C=N–C) groups is 1. The van der Waals surface area contributed by atoms with Gasteiger partial charge in [0.15, 0.2) is 5.96 Å². The minimum Gasteiger partial charge on any atom is -0.370 e. The maximum absolute atomic E-state index is 12.3. The van der Waals surface area contributed by atoms with Crippen molar-refractivity contribution in [2.24, 2.45) is 16.5 Å². The second-order valence-electron chi connectivity index (χ2n) is 3.34. The van der Waals surface area contributed by atoms with Crippen molar-refractivity contribution in [3.63, 3.8) is 0 Å². The molecular weight excluding hydrogens is 281 g/mol. The lowest BCUT2D eigenvalue weighted by Gasteiger charge is -2.40. The number of benzene rings is 1. The van der Waals surface area contributed by atoms with Gasteiger partial charge in [-0.15, -0.1) is 0 Å². The average Bonchev–Trinajstić information content (AvgIpc) is 2.13. The van der Waals surface area contributed by atoms with E-state index < -0.39 is 27.0 Å².